The van der Waals surface area contributed by atoms with Crippen LogP contribution in [0.4, 0.5) is 4.79 Å². The van der Waals surface area contributed by atoms with Crippen molar-refractivity contribution >= 4 is 22.6 Å². The van der Waals surface area contributed by atoms with E-state index in [0.717, 1.165) is 59.6 Å². The van der Waals surface area contributed by atoms with Crippen molar-refractivity contribution in [3.63, 3.8) is 0 Å². The van der Waals surface area contributed by atoms with E-state index in [1.165, 1.54) is 5.57 Å². The smallest absolute Gasteiger partial charge is 0.410 e. The van der Waals surface area contributed by atoms with Gasteiger partial charge in [-0.3, -0.25) is 4.79 Å². The molecule has 2 bridgehead atoms. The Labute approximate surface area is 340 Å². The molecule has 7 atom stereocenters. The average molecular weight is 770 g/mol. The van der Waals surface area contributed by atoms with Crippen LogP contribution in [0.2, 0.25) is 0 Å². The Kier molecular flexibility index (Phi) is 12.4. The Morgan fingerprint density at radius 3 is 2.46 bits per heavy atom. The van der Waals surface area contributed by atoms with Crippen LogP contribution in [-0.4, -0.2) is 51.3 Å². The number of aliphatic hydroxyl groups is 2. The molecule has 0 spiro atoms. The minimum Gasteiger partial charge on any atom is -0.446 e. The van der Waals surface area contributed by atoms with Crippen LogP contribution in [0.1, 0.15) is 131 Å². The van der Waals surface area contributed by atoms with Crippen molar-refractivity contribution in [2.24, 2.45) is 23.2 Å². The quantitative estimate of drug-likeness (QED) is 0.138. The van der Waals surface area contributed by atoms with Gasteiger partial charge in [-0.15, -0.1) is 0 Å². The Bertz CT molecular complexity index is 2070. The van der Waals surface area contributed by atoms with Crippen LogP contribution < -0.4 is 0 Å². The highest BCUT2D eigenvalue weighted by Gasteiger charge is 2.58. The summed E-state index contributed by atoms with van der Waals surface area (Å²) in [5.41, 5.74) is 3.38. The number of hydrogen-bond acceptors (Lipinski definition) is 5. The zero-order valence-electron chi connectivity index (χ0n) is 34.8. The Morgan fingerprint density at radius 1 is 0.912 bits per heavy atom. The first kappa shape index (κ1) is 40.9. The van der Waals surface area contributed by atoms with Crippen molar-refractivity contribution in [3.05, 3.63) is 130 Å². The molecule has 0 heterocycles. The van der Waals surface area contributed by atoms with E-state index < -0.39 is 17.1 Å². The zero-order chi connectivity index (χ0) is 40.3. The maximum Gasteiger partial charge on any atom is 0.410 e. The Morgan fingerprint density at radius 2 is 1.67 bits per heavy atom. The molecule has 2 saturated carbocycles. The molecular formula is C51H63NO5. The zero-order valence-corrected chi connectivity index (χ0v) is 34.8. The molecule has 302 valence electrons. The van der Waals surface area contributed by atoms with Crippen molar-refractivity contribution in [1.82, 2.24) is 4.90 Å². The summed E-state index contributed by atoms with van der Waals surface area (Å²) < 4.78 is 6.59. The van der Waals surface area contributed by atoms with E-state index in [0.29, 0.717) is 67.5 Å². The molecule has 0 saturated heterocycles. The van der Waals surface area contributed by atoms with Crippen LogP contribution in [0.5, 0.6) is 0 Å². The van der Waals surface area contributed by atoms with Crippen LogP contribution >= 0.6 is 0 Å². The van der Waals surface area contributed by atoms with Gasteiger partial charge in [0.15, 0.2) is 5.78 Å². The van der Waals surface area contributed by atoms with E-state index in [4.69, 9.17) is 4.74 Å². The third kappa shape index (κ3) is 8.78. The van der Waals surface area contributed by atoms with E-state index in [1.807, 2.05) is 54.6 Å². The molecule has 4 aromatic rings. The number of ketones is 1. The molecule has 7 unspecified atom stereocenters. The third-order valence-corrected chi connectivity index (χ3v) is 14.1. The van der Waals surface area contributed by atoms with E-state index in [2.05, 4.69) is 77.1 Å². The maximum atomic E-state index is 14.8. The molecule has 2 fully saturated rings. The molecule has 0 aliphatic heterocycles. The number of allylic oxidation sites excluding steroid dienone is 2. The summed E-state index contributed by atoms with van der Waals surface area (Å²) in [4.78, 5) is 31.0. The first-order valence-corrected chi connectivity index (χ1v) is 21.6. The number of fused-ring (bicyclic) bond motifs is 9. The van der Waals surface area contributed by atoms with Gasteiger partial charge >= 0.3 is 6.09 Å². The summed E-state index contributed by atoms with van der Waals surface area (Å²) in [7, 11) is 0. The van der Waals surface area contributed by atoms with E-state index >= 15 is 0 Å². The van der Waals surface area contributed by atoms with Crippen molar-refractivity contribution in [3.8, 4) is 0 Å². The molecule has 1 amide bonds. The first-order valence-electron chi connectivity index (χ1n) is 21.6. The van der Waals surface area contributed by atoms with Gasteiger partial charge in [0.25, 0.3) is 0 Å². The third-order valence-electron chi connectivity index (χ3n) is 14.1. The van der Waals surface area contributed by atoms with Gasteiger partial charge in [0, 0.05) is 23.1 Å². The number of rotatable bonds is 8. The molecule has 0 aromatic heterocycles. The number of amides is 1. The van der Waals surface area contributed by atoms with Gasteiger partial charge in [-0.25, -0.2) is 4.79 Å². The lowest BCUT2D eigenvalue weighted by molar-refractivity contribution is -0.0875. The number of nitrogens with zero attached hydrogens (tertiary/aromatic N) is 1. The lowest BCUT2D eigenvalue weighted by atomic mass is 9.64. The molecule has 4 aliphatic carbocycles. The number of carbonyl (C=O) groups is 2. The number of ether oxygens (including phenoxy) is 1. The fourth-order valence-electron chi connectivity index (χ4n) is 10.5. The van der Waals surface area contributed by atoms with Gasteiger partial charge in [0.2, 0.25) is 0 Å². The lowest BCUT2D eigenvalue weighted by Gasteiger charge is -2.46. The molecule has 6 heteroatoms. The number of benzene rings is 4. The summed E-state index contributed by atoms with van der Waals surface area (Å²) in [6, 6.07) is 30.0. The first-order chi connectivity index (χ1) is 27.3. The number of hydrogen-bond donors (Lipinski definition) is 2. The van der Waals surface area contributed by atoms with Crippen LogP contribution in [0.25, 0.3) is 10.8 Å². The van der Waals surface area contributed by atoms with Gasteiger partial charge in [-0.1, -0.05) is 131 Å². The van der Waals surface area contributed by atoms with E-state index in [9.17, 15) is 19.8 Å². The van der Waals surface area contributed by atoms with Gasteiger partial charge in [-0.05, 0) is 122 Å². The predicted octanol–water partition coefficient (Wildman–Crippen LogP) is 11.2. The molecule has 4 aliphatic rings. The SMILES string of the molecule is CC1=CCCC2(C)C(CCC2(O)CN(Cc2cccc3ccccc23)C(=O)OC2CC(C)CCC2C(C)C)c2ccc(cc2C(=O)c2ccccc2)CC(O)CC1. The van der Waals surface area contributed by atoms with E-state index in [-0.39, 0.29) is 30.4 Å². The van der Waals surface area contributed by atoms with Crippen LogP contribution in [0.3, 0.4) is 0 Å². The minimum absolute atomic E-state index is 0.0508. The normalized spacial score (nSPS) is 28.1. The average Bonchev–Trinajstić information content (AvgIpc) is 3.45. The fourth-order valence-corrected chi connectivity index (χ4v) is 10.5. The minimum atomic E-state index is -1.28. The Balaban J connectivity index is 1.30. The second kappa shape index (κ2) is 17.3. The second-order valence-corrected chi connectivity index (χ2v) is 18.4. The molecule has 4 aromatic carbocycles. The monoisotopic (exact) mass is 769 g/mol. The van der Waals surface area contributed by atoms with Gasteiger partial charge in [0.1, 0.15) is 6.10 Å². The van der Waals surface area contributed by atoms with Gasteiger partial charge in [0.05, 0.1) is 18.2 Å². The highest BCUT2D eigenvalue weighted by Crippen LogP contribution is 2.59. The summed E-state index contributed by atoms with van der Waals surface area (Å²) in [6.07, 6.45) is 8.66. The van der Waals surface area contributed by atoms with Crippen molar-refractivity contribution < 1.29 is 24.5 Å². The Hall–Kier alpha value is -4.26. The summed E-state index contributed by atoms with van der Waals surface area (Å²) >= 11 is 0. The maximum absolute atomic E-state index is 14.8. The van der Waals surface area contributed by atoms with Gasteiger partial charge in [-0.2, -0.15) is 0 Å². The molecular weight excluding hydrogens is 707 g/mol. The molecule has 8 rings (SSSR count). The lowest BCUT2D eigenvalue weighted by Crippen LogP contribution is -2.54. The standard InChI is InChI=1S/C51H63NO5/c1-34(2)42-24-21-36(4)29-47(42)57-49(55)52(32-40-18-11-17-38-14-9-10-19-43(38)40)33-51(56)28-26-46-44-25-22-37(31-45(44)48(54)39-15-7-6-8-16-39)30-41(53)23-20-35(3)13-12-27-50(46,51)5/h6-11,13-19,22,25,31,34,36,41-42,46-47,53,56H,12,20-21,23-24,26-30,32-33H2,1-5H3. The topological polar surface area (TPSA) is 87.1 Å². The number of carbonyl (C=O) groups excluding carboxylic acids is 2. The fraction of sp³-hybridized carbons (Fsp3) is 0.490. The van der Waals surface area contributed by atoms with Crippen molar-refractivity contribution in [2.45, 2.75) is 129 Å². The van der Waals surface area contributed by atoms with Crippen LogP contribution in [-0.2, 0) is 17.7 Å². The largest absolute Gasteiger partial charge is 0.446 e. The summed E-state index contributed by atoms with van der Waals surface area (Å²) in [5.74, 6) is 0.960. The molecule has 0 radical (unpaired) electrons. The number of aliphatic hydroxyl groups excluding tert-OH is 1. The van der Waals surface area contributed by atoms with Crippen molar-refractivity contribution in [2.75, 3.05) is 6.54 Å². The molecule has 2 N–H and O–H groups in total. The van der Waals surface area contributed by atoms with Crippen molar-refractivity contribution in [1.29, 1.82) is 0 Å². The molecule has 6 nitrogen and oxygen atoms in total. The summed E-state index contributed by atoms with van der Waals surface area (Å²) in [6.45, 7) is 11.5. The second-order valence-electron chi connectivity index (χ2n) is 18.4. The predicted molar refractivity (Wildman–Crippen MR) is 229 cm³/mol. The molecule has 57 heavy (non-hydrogen) atoms. The van der Waals surface area contributed by atoms with Crippen LogP contribution in [0, 0.1) is 23.2 Å². The highest BCUT2D eigenvalue weighted by atomic mass is 16.6. The summed E-state index contributed by atoms with van der Waals surface area (Å²) in [5, 5.41) is 26.6. The van der Waals surface area contributed by atoms with E-state index in [1.54, 1.807) is 4.90 Å². The van der Waals surface area contributed by atoms with Crippen LogP contribution in [0.15, 0.2) is 103 Å². The van der Waals surface area contributed by atoms with Gasteiger partial charge < -0.3 is 19.8 Å². The highest BCUT2D eigenvalue weighted by molar-refractivity contribution is 6.10.